The van der Waals surface area contributed by atoms with Crippen molar-refractivity contribution in [3.8, 4) is 0 Å². The predicted molar refractivity (Wildman–Crippen MR) is 48.9 cm³/mol. The van der Waals surface area contributed by atoms with Crippen molar-refractivity contribution >= 4 is 23.5 Å². The zero-order valence-electron chi connectivity index (χ0n) is 6.76. The summed E-state index contributed by atoms with van der Waals surface area (Å²) in [6.07, 6.45) is 1.18. The van der Waals surface area contributed by atoms with Gasteiger partial charge in [0, 0.05) is 18.6 Å². The molecule has 0 aliphatic heterocycles. The number of aromatic nitrogens is 1. The van der Waals surface area contributed by atoms with Gasteiger partial charge in [-0.1, -0.05) is 0 Å². The molecule has 1 aromatic heterocycles. The van der Waals surface area contributed by atoms with Gasteiger partial charge in [-0.3, -0.25) is 4.79 Å². The summed E-state index contributed by atoms with van der Waals surface area (Å²) in [7, 11) is 0. The highest BCUT2D eigenvalue weighted by Crippen LogP contribution is 2.05. The van der Waals surface area contributed by atoms with E-state index >= 15 is 0 Å². The fourth-order valence-electron chi connectivity index (χ4n) is 0.790. The summed E-state index contributed by atoms with van der Waals surface area (Å²) in [6, 6.07) is 1.42. The van der Waals surface area contributed by atoms with Gasteiger partial charge in [-0.2, -0.15) is 4.39 Å². The second kappa shape index (κ2) is 4.77. The zero-order valence-corrected chi connectivity index (χ0v) is 7.51. The molecule has 0 radical (unpaired) electrons. The lowest BCUT2D eigenvalue weighted by atomic mass is 10.3. The summed E-state index contributed by atoms with van der Waals surface area (Å²) in [5.41, 5.74) is -0.0450. The van der Waals surface area contributed by atoms with Gasteiger partial charge in [0.15, 0.2) is 0 Å². The van der Waals surface area contributed by atoms with Crippen LogP contribution >= 0.6 is 11.6 Å². The highest BCUT2D eigenvalue weighted by Gasteiger charge is 2.02. The third-order valence-electron chi connectivity index (χ3n) is 1.39. The first kappa shape index (κ1) is 9.92. The Morgan fingerprint density at radius 3 is 2.85 bits per heavy atom. The van der Waals surface area contributed by atoms with Crippen molar-refractivity contribution in [3.05, 3.63) is 23.9 Å². The third kappa shape index (κ3) is 2.99. The Balaban J connectivity index is 2.64. The first-order chi connectivity index (χ1) is 6.24. The molecule has 0 aliphatic carbocycles. The standard InChI is InChI=1S/C8H8ClFN2O/c9-3-4-11-7-2-1-6(5-12-7)8(10)13/h1-2,5H,3-4H2,(H,11,12). The van der Waals surface area contributed by atoms with Gasteiger partial charge in [-0.15, -0.1) is 11.6 Å². The number of nitrogens with zero attached hydrogens (tertiary/aromatic N) is 1. The van der Waals surface area contributed by atoms with E-state index in [1.807, 2.05) is 0 Å². The summed E-state index contributed by atoms with van der Waals surface area (Å²) in [6.45, 7) is 0.581. The molecule has 3 nitrogen and oxygen atoms in total. The molecular weight excluding hydrogens is 195 g/mol. The number of carbonyl (C=O) groups is 1. The molecule has 0 spiro atoms. The van der Waals surface area contributed by atoms with Gasteiger partial charge < -0.3 is 5.32 Å². The number of halogens is 2. The number of hydrogen-bond acceptors (Lipinski definition) is 3. The Morgan fingerprint density at radius 2 is 2.38 bits per heavy atom. The maximum absolute atomic E-state index is 12.1. The Labute approximate surface area is 79.9 Å². The maximum atomic E-state index is 12.1. The van der Waals surface area contributed by atoms with Crippen LogP contribution in [0.1, 0.15) is 10.4 Å². The number of pyridine rings is 1. The van der Waals surface area contributed by atoms with Gasteiger partial charge >= 0.3 is 6.04 Å². The molecule has 0 saturated carbocycles. The molecule has 0 aliphatic rings. The molecule has 0 atom stereocenters. The lowest BCUT2D eigenvalue weighted by Gasteiger charge is -2.01. The summed E-state index contributed by atoms with van der Waals surface area (Å²) in [4.78, 5) is 14.0. The normalized spacial score (nSPS) is 9.69. The van der Waals surface area contributed by atoms with Crippen LogP contribution < -0.4 is 5.32 Å². The second-order valence-electron chi connectivity index (χ2n) is 2.32. The lowest BCUT2D eigenvalue weighted by Crippen LogP contribution is -2.04. The van der Waals surface area contributed by atoms with Crippen molar-refractivity contribution in [1.82, 2.24) is 4.98 Å². The minimum absolute atomic E-state index is 0.0450. The highest BCUT2D eigenvalue weighted by molar-refractivity contribution is 6.18. The van der Waals surface area contributed by atoms with E-state index in [2.05, 4.69) is 10.3 Å². The lowest BCUT2D eigenvalue weighted by molar-refractivity contribution is 0.0835. The van der Waals surface area contributed by atoms with Crippen molar-refractivity contribution in [3.63, 3.8) is 0 Å². The van der Waals surface area contributed by atoms with Crippen molar-refractivity contribution < 1.29 is 9.18 Å². The number of nitrogens with one attached hydrogen (secondary N) is 1. The van der Waals surface area contributed by atoms with E-state index in [9.17, 15) is 9.18 Å². The van der Waals surface area contributed by atoms with Gasteiger partial charge in [-0.25, -0.2) is 4.98 Å². The quantitative estimate of drug-likeness (QED) is 0.599. The molecule has 1 rings (SSSR count). The molecule has 13 heavy (non-hydrogen) atoms. The van der Waals surface area contributed by atoms with Crippen LogP contribution in [0.3, 0.4) is 0 Å². The fraction of sp³-hybridized carbons (Fsp3) is 0.250. The van der Waals surface area contributed by atoms with E-state index in [0.717, 1.165) is 0 Å². The molecule has 1 heterocycles. The minimum atomic E-state index is -1.48. The molecule has 1 aromatic rings. The van der Waals surface area contributed by atoms with E-state index in [0.29, 0.717) is 18.2 Å². The summed E-state index contributed by atoms with van der Waals surface area (Å²) >= 11 is 5.43. The van der Waals surface area contributed by atoms with Gasteiger partial charge in [0.25, 0.3) is 0 Å². The van der Waals surface area contributed by atoms with Crippen molar-refractivity contribution in [1.29, 1.82) is 0 Å². The monoisotopic (exact) mass is 202 g/mol. The molecule has 1 N–H and O–H groups in total. The molecule has 70 valence electrons. The first-order valence-electron chi connectivity index (χ1n) is 3.70. The van der Waals surface area contributed by atoms with E-state index in [-0.39, 0.29) is 5.56 Å². The first-order valence-corrected chi connectivity index (χ1v) is 4.23. The van der Waals surface area contributed by atoms with Crippen LogP contribution in [0.5, 0.6) is 0 Å². The zero-order chi connectivity index (χ0) is 9.68. The molecule has 0 bridgehead atoms. The molecule has 0 unspecified atom stereocenters. The van der Waals surface area contributed by atoms with Crippen LogP contribution in [0, 0.1) is 0 Å². The number of hydrogen-bond donors (Lipinski definition) is 1. The molecule has 5 heteroatoms. The molecule has 0 aromatic carbocycles. The van der Waals surface area contributed by atoms with Crippen molar-refractivity contribution in [2.75, 3.05) is 17.7 Å². The SMILES string of the molecule is O=C(F)c1ccc(NCCCl)nc1. The fourth-order valence-corrected chi connectivity index (χ4v) is 0.885. The van der Waals surface area contributed by atoms with Crippen LogP contribution in [-0.4, -0.2) is 23.4 Å². The smallest absolute Gasteiger partial charge is 0.333 e. The maximum Gasteiger partial charge on any atom is 0.333 e. The molecular formula is C8H8ClFN2O. The van der Waals surface area contributed by atoms with E-state index < -0.39 is 6.04 Å². The van der Waals surface area contributed by atoms with Gasteiger partial charge in [-0.05, 0) is 12.1 Å². The number of rotatable bonds is 4. The van der Waals surface area contributed by atoms with Crippen LogP contribution in [0.4, 0.5) is 10.2 Å². The number of anilines is 1. The van der Waals surface area contributed by atoms with E-state index in [1.54, 1.807) is 0 Å². The van der Waals surface area contributed by atoms with E-state index in [1.165, 1.54) is 18.3 Å². The average Bonchev–Trinajstić information content (AvgIpc) is 2.15. The summed E-state index contributed by atoms with van der Waals surface area (Å²) < 4.78 is 12.1. The van der Waals surface area contributed by atoms with Crippen LogP contribution in [-0.2, 0) is 0 Å². The Kier molecular flexibility index (Phi) is 3.64. The summed E-state index contributed by atoms with van der Waals surface area (Å²) in [5.74, 6) is 1.04. The van der Waals surface area contributed by atoms with Gasteiger partial charge in [0.2, 0.25) is 0 Å². The van der Waals surface area contributed by atoms with Crippen LogP contribution in [0.2, 0.25) is 0 Å². The van der Waals surface area contributed by atoms with Gasteiger partial charge in [0.1, 0.15) is 5.82 Å². The predicted octanol–water partition coefficient (Wildman–Crippen LogP) is 1.84. The second-order valence-corrected chi connectivity index (χ2v) is 2.70. The average molecular weight is 203 g/mol. The van der Waals surface area contributed by atoms with Crippen LogP contribution in [0.25, 0.3) is 0 Å². The molecule has 0 saturated heterocycles. The molecule has 0 fully saturated rings. The number of alkyl halides is 1. The Bertz CT molecular complexity index is 289. The van der Waals surface area contributed by atoms with Crippen molar-refractivity contribution in [2.24, 2.45) is 0 Å². The minimum Gasteiger partial charge on any atom is -0.369 e. The van der Waals surface area contributed by atoms with Crippen LogP contribution in [0.15, 0.2) is 18.3 Å². The Morgan fingerprint density at radius 1 is 1.62 bits per heavy atom. The Hall–Kier alpha value is -1.16. The van der Waals surface area contributed by atoms with Gasteiger partial charge in [0.05, 0.1) is 5.56 Å². The summed E-state index contributed by atoms with van der Waals surface area (Å²) in [5, 5.41) is 2.88. The van der Waals surface area contributed by atoms with Crippen molar-refractivity contribution in [2.45, 2.75) is 0 Å². The third-order valence-corrected chi connectivity index (χ3v) is 1.58. The highest BCUT2D eigenvalue weighted by atomic mass is 35.5. The topological polar surface area (TPSA) is 42.0 Å². The number of carbonyl (C=O) groups excluding carboxylic acids is 1. The molecule has 0 amide bonds. The van der Waals surface area contributed by atoms with E-state index in [4.69, 9.17) is 11.6 Å². The largest absolute Gasteiger partial charge is 0.369 e.